The predicted octanol–water partition coefficient (Wildman–Crippen LogP) is 2.49. The number of rotatable bonds is 8. The molecule has 0 radical (unpaired) electrons. The number of furan rings is 1. The van der Waals surface area contributed by atoms with E-state index in [9.17, 15) is 19.7 Å². The highest BCUT2D eigenvalue weighted by Crippen LogP contribution is 2.23. The average molecular weight is 387 g/mol. The number of hydrogen-bond acceptors (Lipinski definition) is 7. The Bertz CT molecular complexity index is 836. The number of nitro groups is 1. The molecule has 1 N–H and O–H groups in total. The first kappa shape index (κ1) is 19.6. The lowest BCUT2D eigenvalue weighted by Gasteiger charge is -2.35. The molecule has 1 aromatic heterocycles. The highest BCUT2D eigenvalue weighted by atomic mass is 16.6. The topological polar surface area (TPSA) is 115 Å². The van der Waals surface area contributed by atoms with Crippen LogP contribution in [-0.4, -0.2) is 53.9 Å². The molecule has 2 heterocycles. The molecule has 0 saturated carbocycles. The smallest absolute Gasteiger partial charge is 0.292 e. The molecule has 1 aliphatic heterocycles. The molecule has 1 aromatic carbocycles. The maximum atomic E-state index is 12.6. The number of para-hydroxylation sites is 2. The van der Waals surface area contributed by atoms with Crippen LogP contribution < -0.4 is 5.32 Å². The second-order valence-electron chi connectivity index (χ2n) is 6.37. The highest BCUT2D eigenvalue weighted by Gasteiger charge is 2.29. The number of nitrogens with one attached hydrogen (secondary N) is 1. The second kappa shape index (κ2) is 9.14. The highest BCUT2D eigenvalue weighted by molar-refractivity contribution is 5.94. The summed E-state index contributed by atoms with van der Waals surface area (Å²) >= 11 is 0. The fourth-order valence-corrected chi connectivity index (χ4v) is 3.13. The van der Waals surface area contributed by atoms with Gasteiger partial charge in [0.1, 0.15) is 5.69 Å². The van der Waals surface area contributed by atoms with Gasteiger partial charge >= 0.3 is 0 Å². The number of nitrogens with zero attached hydrogens (tertiary/aromatic N) is 2. The van der Waals surface area contributed by atoms with E-state index in [-0.39, 0.29) is 55.2 Å². The predicted molar refractivity (Wildman–Crippen MR) is 100 cm³/mol. The summed E-state index contributed by atoms with van der Waals surface area (Å²) in [7, 11) is 0. The van der Waals surface area contributed by atoms with E-state index < -0.39 is 4.92 Å². The molecule has 1 aliphatic rings. The van der Waals surface area contributed by atoms with Crippen molar-refractivity contribution in [2.75, 3.05) is 31.6 Å². The lowest BCUT2D eigenvalue weighted by Crippen LogP contribution is -2.49. The van der Waals surface area contributed by atoms with Crippen LogP contribution in [0.3, 0.4) is 0 Å². The molecule has 1 amide bonds. The molecule has 3 rings (SSSR count). The van der Waals surface area contributed by atoms with Gasteiger partial charge in [-0.1, -0.05) is 12.1 Å². The first-order valence-corrected chi connectivity index (χ1v) is 8.97. The molecule has 1 fully saturated rings. The quantitative estimate of drug-likeness (QED) is 0.420. The monoisotopic (exact) mass is 387 g/mol. The third-order valence-corrected chi connectivity index (χ3v) is 4.52. The Morgan fingerprint density at radius 1 is 1.25 bits per heavy atom. The van der Waals surface area contributed by atoms with Crippen LogP contribution in [0.5, 0.6) is 0 Å². The largest absolute Gasteiger partial charge is 0.461 e. The molecule has 148 valence electrons. The number of anilines is 1. The summed E-state index contributed by atoms with van der Waals surface area (Å²) in [4.78, 5) is 37.1. The normalized spacial score (nSPS) is 16.6. The van der Waals surface area contributed by atoms with Crippen molar-refractivity contribution in [3.8, 4) is 0 Å². The zero-order valence-corrected chi connectivity index (χ0v) is 15.2. The van der Waals surface area contributed by atoms with Gasteiger partial charge in [0.2, 0.25) is 5.91 Å². The molecule has 9 heteroatoms. The number of carbonyl (C=O) groups excluding carboxylic acids is 2. The number of amides is 1. The summed E-state index contributed by atoms with van der Waals surface area (Å²) < 4.78 is 10.5. The Balaban J connectivity index is 1.56. The van der Waals surface area contributed by atoms with Crippen molar-refractivity contribution in [3.63, 3.8) is 0 Å². The summed E-state index contributed by atoms with van der Waals surface area (Å²) in [6.07, 6.45) is 1.70. The fraction of sp³-hybridized carbons (Fsp3) is 0.368. The van der Waals surface area contributed by atoms with Gasteiger partial charge in [0.25, 0.3) is 5.69 Å². The Kier molecular flexibility index (Phi) is 6.38. The Hall–Kier alpha value is -3.20. The summed E-state index contributed by atoms with van der Waals surface area (Å²) in [5, 5.41) is 14.0. The lowest BCUT2D eigenvalue weighted by atomic mass is 10.1. The summed E-state index contributed by atoms with van der Waals surface area (Å²) in [5.74, 6) is -0.0565. The molecule has 1 atom stereocenters. The van der Waals surface area contributed by atoms with Crippen LogP contribution in [0.4, 0.5) is 11.4 Å². The van der Waals surface area contributed by atoms with E-state index >= 15 is 0 Å². The molecule has 0 spiro atoms. The van der Waals surface area contributed by atoms with Crippen LogP contribution in [-0.2, 0) is 9.53 Å². The first-order valence-electron chi connectivity index (χ1n) is 8.97. The van der Waals surface area contributed by atoms with Gasteiger partial charge in [-0.15, -0.1) is 0 Å². The Morgan fingerprint density at radius 2 is 2.07 bits per heavy atom. The molecule has 2 aromatic rings. The maximum absolute atomic E-state index is 12.6. The summed E-state index contributed by atoms with van der Waals surface area (Å²) in [6, 6.07) is 9.16. The van der Waals surface area contributed by atoms with Gasteiger partial charge in [-0.05, 0) is 18.2 Å². The van der Waals surface area contributed by atoms with E-state index in [1.165, 1.54) is 12.3 Å². The van der Waals surface area contributed by atoms with Gasteiger partial charge in [-0.3, -0.25) is 19.7 Å². The minimum absolute atomic E-state index is 0.0387. The minimum atomic E-state index is -0.470. The number of ether oxygens (including phenoxy) is 1. The zero-order valence-electron chi connectivity index (χ0n) is 15.2. The SMILES string of the molecule is O=C(CC1COCCN1C(=O)CCNc1ccccc1[N+](=O)[O-])c1ccco1. The number of carbonyl (C=O) groups is 2. The molecular weight excluding hydrogens is 366 g/mol. The second-order valence-corrected chi connectivity index (χ2v) is 6.37. The third-order valence-electron chi connectivity index (χ3n) is 4.52. The van der Waals surface area contributed by atoms with Crippen molar-refractivity contribution in [2.24, 2.45) is 0 Å². The van der Waals surface area contributed by atoms with Crippen molar-refractivity contribution < 1.29 is 23.7 Å². The van der Waals surface area contributed by atoms with E-state index in [1.54, 1.807) is 35.2 Å². The number of hydrogen-bond donors (Lipinski definition) is 1. The number of ketones is 1. The zero-order chi connectivity index (χ0) is 19.9. The molecule has 28 heavy (non-hydrogen) atoms. The Labute approximate surface area is 161 Å². The van der Waals surface area contributed by atoms with Crippen molar-refractivity contribution in [1.82, 2.24) is 4.90 Å². The van der Waals surface area contributed by atoms with E-state index in [0.717, 1.165) is 0 Å². The fourth-order valence-electron chi connectivity index (χ4n) is 3.13. The molecule has 0 aliphatic carbocycles. The van der Waals surface area contributed by atoms with Crippen LogP contribution in [0.25, 0.3) is 0 Å². The van der Waals surface area contributed by atoms with Crippen molar-refractivity contribution in [3.05, 3.63) is 58.5 Å². The van der Waals surface area contributed by atoms with Crippen LogP contribution in [0, 0.1) is 10.1 Å². The lowest BCUT2D eigenvalue weighted by molar-refractivity contribution is -0.384. The maximum Gasteiger partial charge on any atom is 0.292 e. The van der Waals surface area contributed by atoms with Gasteiger partial charge in [0.15, 0.2) is 11.5 Å². The van der Waals surface area contributed by atoms with Gasteiger partial charge in [0, 0.05) is 32.0 Å². The summed E-state index contributed by atoms with van der Waals surface area (Å²) in [5.41, 5.74) is 0.329. The van der Waals surface area contributed by atoms with Gasteiger partial charge in [-0.2, -0.15) is 0 Å². The Morgan fingerprint density at radius 3 is 2.82 bits per heavy atom. The number of Topliss-reactive ketones (excluding diaryl/α,β-unsaturated/α-hetero) is 1. The van der Waals surface area contributed by atoms with Crippen molar-refractivity contribution in [1.29, 1.82) is 0 Å². The first-order chi connectivity index (χ1) is 13.6. The van der Waals surface area contributed by atoms with Crippen molar-refractivity contribution in [2.45, 2.75) is 18.9 Å². The van der Waals surface area contributed by atoms with Gasteiger partial charge in [0.05, 0.1) is 30.4 Å². The van der Waals surface area contributed by atoms with Crippen LogP contribution >= 0.6 is 0 Å². The van der Waals surface area contributed by atoms with E-state index in [4.69, 9.17) is 9.15 Å². The number of morpholine rings is 1. The molecule has 0 bridgehead atoms. The van der Waals surface area contributed by atoms with Crippen LogP contribution in [0.15, 0.2) is 47.1 Å². The van der Waals surface area contributed by atoms with Crippen LogP contribution in [0.2, 0.25) is 0 Å². The van der Waals surface area contributed by atoms with Gasteiger partial charge in [-0.25, -0.2) is 0 Å². The van der Waals surface area contributed by atoms with E-state index in [2.05, 4.69) is 5.32 Å². The number of benzene rings is 1. The molecule has 1 saturated heterocycles. The van der Waals surface area contributed by atoms with Crippen LogP contribution in [0.1, 0.15) is 23.4 Å². The molecular formula is C19H21N3O6. The van der Waals surface area contributed by atoms with Crippen molar-refractivity contribution >= 4 is 23.1 Å². The van der Waals surface area contributed by atoms with Gasteiger partial charge < -0.3 is 19.4 Å². The molecule has 1 unspecified atom stereocenters. The summed E-state index contributed by atoms with van der Waals surface area (Å²) in [6.45, 7) is 1.35. The third kappa shape index (κ3) is 4.74. The standard InChI is InChI=1S/C19H21N3O6/c23-17(18-6-3-10-28-18)12-14-13-27-11-9-21(14)19(24)7-8-20-15-4-1-2-5-16(15)22(25)26/h1-6,10,14,20H,7-9,11-13H2. The average Bonchev–Trinajstić information content (AvgIpc) is 3.23. The molecule has 9 nitrogen and oxygen atoms in total. The van der Waals surface area contributed by atoms with E-state index in [1.807, 2.05) is 0 Å². The van der Waals surface area contributed by atoms with E-state index in [0.29, 0.717) is 18.8 Å². The number of nitro benzene ring substituents is 1. The minimum Gasteiger partial charge on any atom is -0.461 e.